The molecule has 3 rings (SSSR count). The molecule has 1 amide bonds. The first-order chi connectivity index (χ1) is 12.3. The maximum Gasteiger partial charge on any atom is 0.438 e. The van der Waals surface area contributed by atoms with Crippen LogP contribution in [0.1, 0.15) is 18.5 Å². The molecule has 0 aliphatic heterocycles. The van der Waals surface area contributed by atoms with Gasteiger partial charge in [0.15, 0.2) is 0 Å². The lowest BCUT2D eigenvalue weighted by atomic mass is 10.2. The van der Waals surface area contributed by atoms with Gasteiger partial charge in [-0.15, -0.1) is 5.10 Å². The number of nitrogens with one attached hydrogen (secondary N) is 1. The summed E-state index contributed by atoms with van der Waals surface area (Å²) >= 11 is 5.94. The molecule has 0 unspecified atom stereocenters. The molecule has 134 valence electrons. The lowest BCUT2D eigenvalue weighted by molar-refractivity contribution is -0.119. The minimum Gasteiger partial charge on any atom is -0.388 e. The van der Waals surface area contributed by atoms with Crippen LogP contribution in [-0.4, -0.2) is 15.7 Å². The molecule has 1 aromatic heterocycles. The lowest BCUT2D eigenvalue weighted by Gasteiger charge is -2.13. The van der Waals surface area contributed by atoms with E-state index in [1.54, 1.807) is 18.2 Å². The third-order valence-electron chi connectivity index (χ3n) is 3.86. The summed E-state index contributed by atoms with van der Waals surface area (Å²) in [4.78, 5) is 24.5. The fourth-order valence-electron chi connectivity index (χ4n) is 2.32. The number of carbonyl (C=O) groups excluding carboxylic acids is 1. The van der Waals surface area contributed by atoms with Crippen LogP contribution in [0.15, 0.2) is 51.7 Å². The molecule has 8 heteroatoms. The predicted molar refractivity (Wildman–Crippen MR) is 95.7 cm³/mol. The number of anilines is 1. The van der Waals surface area contributed by atoms with Gasteiger partial charge >= 0.3 is 5.76 Å². The van der Waals surface area contributed by atoms with Crippen molar-refractivity contribution >= 4 is 23.2 Å². The Bertz CT molecular complexity index is 1010. The fraction of sp³-hybridized carbons (Fsp3) is 0.167. The van der Waals surface area contributed by atoms with E-state index in [-0.39, 0.29) is 5.89 Å². The number of nitrogens with zero attached hydrogens (tertiary/aromatic N) is 2. The van der Waals surface area contributed by atoms with Gasteiger partial charge in [-0.25, -0.2) is 9.18 Å². The molecule has 6 nitrogen and oxygen atoms in total. The summed E-state index contributed by atoms with van der Waals surface area (Å²) in [6, 6.07) is 9.52. The van der Waals surface area contributed by atoms with Crippen molar-refractivity contribution in [3.8, 4) is 11.5 Å². The summed E-state index contributed by atoms with van der Waals surface area (Å²) in [6.45, 7) is 3.35. The summed E-state index contributed by atoms with van der Waals surface area (Å²) in [7, 11) is 0. The molecule has 0 aliphatic carbocycles. The number of carbonyl (C=O) groups is 1. The summed E-state index contributed by atoms with van der Waals surface area (Å²) < 4.78 is 19.0. The minimum absolute atomic E-state index is 0.00795. The summed E-state index contributed by atoms with van der Waals surface area (Å²) in [6.07, 6.45) is 0. The van der Waals surface area contributed by atoms with Gasteiger partial charge in [-0.2, -0.15) is 4.68 Å². The van der Waals surface area contributed by atoms with Gasteiger partial charge in [-0.05, 0) is 55.8 Å². The second-order valence-corrected chi connectivity index (χ2v) is 6.19. The molecule has 2 aromatic carbocycles. The zero-order valence-corrected chi connectivity index (χ0v) is 14.7. The Hall–Kier alpha value is -2.93. The number of aromatic nitrogens is 2. The van der Waals surface area contributed by atoms with Gasteiger partial charge in [0, 0.05) is 16.3 Å². The summed E-state index contributed by atoms with van der Waals surface area (Å²) in [5.74, 6) is -1.64. The first-order valence-corrected chi connectivity index (χ1v) is 8.15. The van der Waals surface area contributed by atoms with Crippen LogP contribution in [0.4, 0.5) is 10.1 Å². The average Bonchev–Trinajstić information content (AvgIpc) is 2.99. The van der Waals surface area contributed by atoms with Crippen LogP contribution in [-0.2, 0) is 4.79 Å². The Kier molecular flexibility index (Phi) is 4.90. The molecule has 0 bridgehead atoms. The molecule has 0 aliphatic rings. The Labute approximate surface area is 153 Å². The first-order valence-electron chi connectivity index (χ1n) is 7.78. The maximum absolute atomic E-state index is 13.0. The van der Waals surface area contributed by atoms with Crippen LogP contribution >= 0.6 is 11.6 Å². The molecule has 0 radical (unpaired) electrons. The third-order valence-corrected chi connectivity index (χ3v) is 4.10. The van der Waals surface area contributed by atoms with Gasteiger partial charge in [0.1, 0.15) is 11.9 Å². The van der Waals surface area contributed by atoms with Crippen molar-refractivity contribution < 1.29 is 13.6 Å². The number of hydrogen-bond acceptors (Lipinski definition) is 4. The normalized spacial score (nSPS) is 12.0. The topological polar surface area (TPSA) is 77.1 Å². The van der Waals surface area contributed by atoms with Gasteiger partial charge in [-0.1, -0.05) is 17.7 Å². The Morgan fingerprint density at radius 1 is 1.27 bits per heavy atom. The lowest BCUT2D eigenvalue weighted by Crippen LogP contribution is -2.30. The van der Waals surface area contributed by atoms with E-state index in [4.69, 9.17) is 16.0 Å². The predicted octanol–water partition coefficient (Wildman–Crippen LogP) is 3.80. The van der Waals surface area contributed by atoms with Gasteiger partial charge < -0.3 is 9.73 Å². The van der Waals surface area contributed by atoms with Crippen LogP contribution in [0, 0.1) is 12.7 Å². The molecule has 3 aromatic rings. The standard InChI is InChI=1S/C18H15ClFN3O3/c1-10-3-6-13(19)9-15(10)21-16(24)11(2)23-18(25)26-17(22-23)12-4-7-14(20)8-5-12/h3-9,11H,1-2H3,(H,21,24)/t11-/m0/s1. The highest BCUT2D eigenvalue weighted by atomic mass is 35.5. The van der Waals surface area contributed by atoms with Crippen LogP contribution in [0.5, 0.6) is 0 Å². The van der Waals surface area contributed by atoms with Crippen LogP contribution < -0.4 is 11.1 Å². The minimum atomic E-state index is -0.918. The number of benzene rings is 2. The highest BCUT2D eigenvalue weighted by Crippen LogP contribution is 2.22. The van der Waals surface area contributed by atoms with E-state index >= 15 is 0 Å². The Balaban J connectivity index is 1.84. The number of rotatable bonds is 4. The van der Waals surface area contributed by atoms with Crippen molar-refractivity contribution in [2.24, 2.45) is 0 Å². The largest absolute Gasteiger partial charge is 0.438 e. The van der Waals surface area contributed by atoms with Crippen molar-refractivity contribution in [3.63, 3.8) is 0 Å². The second-order valence-electron chi connectivity index (χ2n) is 5.75. The van der Waals surface area contributed by atoms with E-state index in [1.165, 1.54) is 31.2 Å². The van der Waals surface area contributed by atoms with E-state index in [2.05, 4.69) is 10.4 Å². The van der Waals surface area contributed by atoms with Crippen molar-refractivity contribution in [2.45, 2.75) is 19.9 Å². The molecule has 26 heavy (non-hydrogen) atoms. The van der Waals surface area contributed by atoms with Crippen LogP contribution in [0.25, 0.3) is 11.5 Å². The smallest absolute Gasteiger partial charge is 0.388 e. The molecule has 1 atom stereocenters. The van der Waals surface area contributed by atoms with Crippen LogP contribution in [0.3, 0.4) is 0 Å². The highest BCUT2D eigenvalue weighted by molar-refractivity contribution is 6.31. The highest BCUT2D eigenvalue weighted by Gasteiger charge is 2.22. The van der Waals surface area contributed by atoms with Crippen LogP contribution in [0.2, 0.25) is 5.02 Å². The number of amides is 1. The SMILES string of the molecule is Cc1ccc(Cl)cc1NC(=O)[C@H](C)n1nc(-c2ccc(F)cc2)oc1=O. The zero-order chi connectivity index (χ0) is 18.8. The van der Waals surface area contributed by atoms with E-state index < -0.39 is 23.5 Å². The van der Waals surface area contributed by atoms with E-state index in [0.29, 0.717) is 16.3 Å². The number of hydrogen-bond donors (Lipinski definition) is 1. The second kappa shape index (κ2) is 7.13. The Morgan fingerprint density at radius 2 is 1.96 bits per heavy atom. The molecular weight excluding hydrogens is 361 g/mol. The van der Waals surface area contributed by atoms with Crippen molar-refractivity contribution in [1.82, 2.24) is 9.78 Å². The van der Waals surface area contributed by atoms with Gasteiger partial charge in [-0.3, -0.25) is 4.79 Å². The van der Waals surface area contributed by atoms with E-state index in [0.717, 1.165) is 10.2 Å². The van der Waals surface area contributed by atoms with Gasteiger partial charge in [0.2, 0.25) is 11.8 Å². The summed E-state index contributed by atoms with van der Waals surface area (Å²) in [5, 5.41) is 7.24. The van der Waals surface area contributed by atoms with E-state index in [1.807, 2.05) is 6.92 Å². The van der Waals surface area contributed by atoms with Gasteiger partial charge in [0.25, 0.3) is 0 Å². The summed E-state index contributed by atoms with van der Waals surface area (Å²) in [5.41, 5.74) is 1.81. The van der Waals surface area contributed by atoms with Crippen molar-refractivity contribution in [2.75, 3.05) is 5.32 Å². The molecule has 0 spiro atoms. The van der Waals surface area contributed by atoms with E-state index in [9.17, 15) is 14.0 Å². The third kappa shape index (κ3) is 3.67. The molecule has 0 saturated heterocycles. The van der Waals surface area contributed by atoms with Gasteiger partial charge in [0.05, 0.1) is 0 Å². The molecular formula is C18H15ClFN3O3. The molecule has 1 N–H and O–H groups in total. The number of aryl methyl sites for hydroxylation is 1. The Morgan fingerprint density at radius 3 is 2.65 bits per heavy atom. The molecule has 0 saturated carbocycles. The fourth-order valence-corrected chi connectivity index (χ4v) is 2.49. The molecule has 1 heterocycles. The first kappa shape index (κ1) is 17.9. The van der Waals surface area contributed by atoms with Crippen molar-refractivity contribution in [1.29, 1.82) is 0 Å². The quantitative estimate of drug-likeness (QED) is 0.752. The maximum atomic E-state index is 13.0. The number of halogens is 2. The van der Waals surface area contributed by atoms with Crippen molar-refractivity contribution in [3.05, 3.63) is 69.4 Å². The zero-order valence-electron chi connectivity index (χ0n) is 14.0. The molecule has 0 fully saturated rings. The monoisotopic (exact) mass is 375 g/mol. The average molecular weight is 376 g/mol.